The highest BCUT2D eigenvalue weighted by atomic mass is 19.1. The second-order valence-electron chi connectivity index (χ2n) is 7.07. The van der Waals surface area contributed by atoms with Gasteiger partial charge in [-0.15, -0.1) is 0 Å². The van der Waals surface area contributed by atoms with E-state index >= 15 is 0 Å². The Morgan fingerprint density at radius 3 is 2.57 bits per heavy atom. The minimum Gasteiger partial charge on any atom is -0.489 e. The first-order chi connectivity index (χ1) is 13.3. The second kappa shape index (κ2) is 8.54. The maximum atomic E-state index is 14.3. The molecule has 1 aliphatic carbocycles. The fourth-order valence-electron chi connectivity index (χ4n) is 3.59. The summed E-state index contributed by atoms with van der Waals surface area (Å²) in [6.45, 7) is 0.409. The molecule has 0 spiro atoms. The molecular weight excluding hydrogens is 359 g/mol. The summed E-state index contributed by atoms with van der Waals surface area (Å²) < 4.78 is 20.2. The van der Waals surface area contributed by atoms with Crippen molar-refractivity contribution < 1.29 is 19.0 Å². The summed E-state index contributed by atoms with van der Waals surface area (Å²) in [5.74, 6) is -3.07. The molecule has 2 aromatic rings. The molecule has 0 atom stereocenters. The van der Waals surface area contributed by atoms with Gasteiger partial charge in [0.1, 0.15) is 12.4 Å². The standard InChI is InChI=1S/C22H25FN2O3/c23-22(24,25)20-13-18(11-9-16(20)10-12-21(26)27)28-14-17-7-4-8-19(17)15-5-2-1-3-6-15/h1-3,5-6,9,11,13H,4,7-8,10,12,14,24-25H2,(H,26,27). The zero-order chi connectivity index (χ0) is 20.1. The molecular formula is C22H25FN2O3. The van der Waals surface area contributed by atoms with Crippen molar-refractivity contribution >= 4 is 11.5 Å². The summed E-state index contributed by atoms with van der Waals surface area (Å²) >= 11 is 0. The Morgan fingerprint density at radius 1 is 1.14 bits per heavy atom. The first-order valence-corrected chi connectivity index (χ1v) is 9.35. The van der Waals surface area contributed by atoms with Crippen molar-refractivity contribution in [1.82, 2.24) is 0 Å². The third-order valence-corrected chi connectivity index (χ3v) is 4.97. The van der Waals surface area contributed by atoms with Crippen LogP contribution < -0.4 is 16.2 Å². The Hall–Kier alpha value is -2.70. The van der Waals surface area contributed by atoms with Crippen LogP contribution in [0.25, 0.3) is 5.57 Å². The Morgan fingerprint density at radius 2 is 1.89 bits per heavy atom. The van der Waals surface area contributed by atoms with E-state index in [4.69, 9.17) is 21.3 Å². The van der Waals surface area contributed by atoms with Crippen LogP contribution in [0.3, 0.4) is 0 Å². The van der Waals surface area contributed by atoms with Gasteiger partial charge in [-0.25, -0.2) is 4.39 Å². The van der Waals surface area contributed by atoms with Gasteiger partial charge in [0.05, 0.1) is 0 Å². The summed E-state index contributed by atoms with van der Waals surface area (Å²) in [6.07, 6.45) is 3.09. The number of aryl methyl sites for hydroxylation is 1. The number of carboxylic acids is 1. The van der Waals surface area contributed by atoms with Crippen molar-refractivity contribution in [2.45, 2.75) is 38.0 Å². The molecule has 0 unspecified atom stereocenters. The van der Waals surface area contributed by atoms with Gasteiger partial charge < -0.3 is 9.84 Å². The van der Waals surface area contributed by atoms with E-state index in [0.717, 1.165) is 19.3 Å². The number of benzene rings is 2. The van der Waals surface area contributed by atoms with Gasteiger partial charge in [0.25, 0.3) is 0 Å². The smallest absolute Gasteiger partial charge is 0.303 e. The molecule has 6 heteroatoms. The number of rotatable bonds is 8. The number of aliphatic carboxylic acids is 1. The summed E-state index contributed by atoms with van der Waals surface area (Å²) in [7, 11) is 0. The highest BCUT2D eigenvalue weighted by Gasteiger charge is 2.25. The van der Waals surface area contributed by atoms with Crippen molar-refractivity contribution in [2.24, 2.45) is 11.5 Å². The van der Waals surface area contributed by atoms with Crippen LogP contribution in [0.15, 0.2) is 54.1 Å². The van der Waals surface area contributed by atoms with E-state index < -0.39 is 11.9 Å². The molecule has 5 N–H and O–H groups in total. The van der Waals surface area contributed by atoms with Gasteiger partial charge in [-0.1, -0.05) is 36.4 Å². The molecule has 0 heterocycles. The topological polar surface area (TPSA) is 98.6 Å². The Bertz CT molecular complexity index is 873. The van der Waals surface area contributed by atoms with Crippen molar-refractivity contribution in [3.8, 4) is 5.75 Å². The van der Waals surface area contributed by atoms with Gasteiger partial charge in [0.2, 0.25) is 5.92 Å². The lowest BCUT2D eigenvalue weighted by molar-refractivity contribution is -0.136. The van der Waals surface area contributed by atoms with Crippen LogP contribution >= 0.6 is 0 Å². The lowest BCUT2D eigenvalue weighted by atomic mass is 9.99. The van der Waals surface area contributed by atoms with Gasteiger partial charge >= 0.3 is 5.97 Å². The number of nitrogens with two attached hydrogens (primary N) is 2. The quantitative estimate of drug-likeness (QED) is 0.476. The number of ether oxygens (including phenoxy) is 1. The normalized spacial score (nSPS) is 14.4. The lowest BCUT2D eigenvalue weighted by Crippen LogP contribution is -2.42. The van der Waals surface area contributed by atoms with Crippen LogP contribution in [0, 0.1) is 0 Å². The van der Waals surface area contributed by atoms with Crippen LogP contribution in [0.4, 0.5) is 4.39 Å². The Kier molecular flexibility index (Phi) is 6.11. The minimum atomic E-state index is -2.56. The molecule has 148 valence electrons. The van der Waals surface area contributed by atoms with Gasteiger partial charge in [-0.05, 0) is 60.1 Å². The summed E-state index contributed by atoms with van der Waals surface area (Å²) in [5, 5.41) is 8.86. The van der Waals surface area contributed by atoms with Crippen LogP contribution in [0.5, 0.6) is 5.75 Å². The number of hydrogen-bond donors (Lipinski definition) is 3. The highest BCUT2D eigenvalue weighted by Crippen LogP contribution is 2.34. The molecule has 28 heavy (non-hydrogen) atoms. The van der Waals surface area contributed by atoms with Gasteiger partial charge in [-0.3, -0.25) is 16.3 Å². The fraction of sp³-hybridized carbons (Fsp3) is 0.318. The lowest BCUT2D eigenvalue weighted by Gasteiger charge is -2.20. The van der Waals surface area contributed by atoms with Crippen LogP contribution in [-0.4, -0.2) is 17.7 Å². The van der Waals surface area contributed by atoms with Crippen LogP contribution in [0.2, 0.25) is 0 Å². The number of allylic oxidation sites excluding steroid dienone is 1. The molecule has 0 amide bonds. The number of alkyl halides is 1. The summed E-state index contributed by atoms with van der Waals surface area (Å²) in [5.41, 5.74) is 15.1. The Balaban J connectivity index is 1.78. The largest absolute Gasteiger partial charge is 0.489 e. The van der Waals surface area contributed by atoms with Gasteiger partial charge in [0.15, 0.2) is 0 Å². The van der Waals surface area contributed by atoms with E-state index in [-0.39, 0.29) is 18.4 Å². The molecule has 0 radical (unpaired) electrons. The maximum Gasteiger partial charge on any atom is 0.303 e. The molecule has 0 aromatic heterocycles. The van der Waals surface area contributed by atoms with Crippen LogP contribution in [-0.2, 0) is 17.1 Å². The summed E-state index contributed by atoms with van der Waals surface area (Å²) in [6, 6.07) is 15.0. The zero-order valence-electron chi connectivity index (χ0n) is 15.7. The molecule has 2 aromatic carbocycles. The van der Waals surface area contributed by atoms with Crippen molar-refractivity contribution in [3.63, 3.8) is 0 Å². The molecule has 0 bridgehead atoms. The van der Waals surface area contributed by atoms with E-state index in [1.165, 1.54) is 22.8 Å². The molecule has 1 aliphatic rings. The van der Waals surface area contributed by atoms with E-state index in [1.807, 2.05) is 18.2 Å². The average molecular weight is 384 g/mol. The number of hydrogen-bond acceptors (Lipinski definition) is 4. The molecule has 0 saturated carbocycles. The molecule has 5 nitrogen and oxygen atoms in total. The van der Waals surface area contributed by atoms with Crippen molar-refractivity contribution in [1.29, 1.82) is 0 Å². The van der Waals surface area contributed by atoms with Crippen LogP contribution in [0.1, 0.15) is 42.4 Å². The van der Waals surface area contributed by atoms with Gasteiger partial charge in [0, 0.05) is 12.0 Å². The molecule has 0 saturated heterocycles. The maximum absolute atomic E-state index is 14.3. The van der Waals surface area contributed by atoms with Gasteiger partial charge in [-0.2, -0.15) is 0 Å². The molecule has 0 aliphatic heterocycles. The Labute approximate surface area is 163 Å². The average Bonchev–Trinajstić information content (AvgIpc) is 3.13. The van der Waals surface area contributed by atoms with E-state index in [0.29, 0.717) is 17.9 Å². The third kappa shape index (κ3) is 4.97. The number of carboxylic acid groups (broad SMARTS) is 1. The minimum absolute atomic E-state index is 0.0509. The zero-order valence-corrected chi connectivity index (χ0v) is 15.7. The molecule has 3 rings (SSSR count). The summed E-state index contributed by atoms with van der Waals surface area (Å²) in [4.78, 5) is 10.8. The second-order valence-corrected chi connectivity index (χ2v) is 7.07. The predicted molar refractivity (Wildman–Crippen MR) is 106 cm³/mol. The third-order valence-electron chi connectivity index (χ3n) is 4.97. The highest BCUT2D eigenvalue weighted by molar-refractivity contribution is 5.70. The van der Waals surface area contributed by atoms with E-state index in [9.17, 15) is 9.18 Å². The predicted octanol–water partition coefficient (Wildman–Crippen LogP) is 3.72. The monoisotopic (exact) mass is 384 g/mol. The van der Waals surface area contributed by atoms with E-state index in [1.54, 1.807) is 12.1 Å². The van der Waals surface area contributed by atoms with Crippen molar-refractivity contribution in [3.05, 3.63) is 70.8 Å². The first kappa shape index (κ1) is 20.0. The molecule has 0 fully saturated rings. The fourth-order valence-corrected chi connectivity index (χ4v) is 3.59. The van der Waals surface area contributed by atoms with E-state index in [2.05, 4.69) is 12.1 Å². The number of halogens is 1. The first-order valence-electron chi connectivity index (χ1n) is 9.35. The number of carbonyl (C=O) groups is 1. The SMILES string of the molecule is NC(N)(F)c1cc(OCC2=C(c3ccccc3)CCC2)ccc1CCC(=O)O. The van der Waals surface area contributed by atoms with Crippen molar-refractivity contribution in [2.75, 3.05) is 6.61 Å².